The van der Waals surface area contributed by atoms with Gasteiger partial charge in [-0.2, -0.15) is 0 Å². The number of carbonyl (C=O) groups excluding carboxylic acids is 1. The van der Waals surface area contributed by atoms with E-state index in [1.807, 2.05) is 38.1 Å². The minimum absolute atomic E-state index is 0.0413. The van der Waals surface area contributed by atoms with Crippen molar-refractivity contribution >= 4 is 5.91 Å². The molecule has 24 heavy (non-hydrogen) atoms. The highest BCUT2D eigenvalue weighted by atomic mass is 16.5. The first kappa shape index (κ1) is 17.3. The zero-order valence-electron chi connectivity index (χ0n) is 14.8. The number of ether oxygens (including phenoxy) is 1. The summed E-state index contributed by atoms with van der Waals surface area (Å²) in [6, 6.07) is 8.28. The summed E-state index contributed by atoms with van der Waals surface area (Å²) in [5.74, 6) is 2.27. The molecule has 2 aliphatic rings. The second-order valence-electron chi connectivity index (χ2n) is 7.64. The highest BCUT2D eigenvalue weighted by molar-refractivity contribution is 5.78. The first-order chi connectivity index (χ1) is 11.5. The number of aryl methyl sites for hydroxylation is 1. The van der Waals surface area contributed by atoms with Crippen molar-refractivity contribution in [3.63, 3.8) is 0 Å². The summed E-state index contributed by atoms with van der Waals surface area (Å²) in [4.78, 5) is 12.6. The molecule has 0 radical (unpaired) electrons. The van der Waals surface area contributed by atoms with Gasteiger partial charge in [0.05, 0.1) is 6.54 Å². The standard InChI is InChI=1S/C20H30N2O2/c1-13-6-3-4-9-18(13)24-14(2)12-22-20(23)17-10-15-7-5-8-16(11-17)19(15)21/h3-4,6,9,14-17,19H,5,7-8,10-12,21H2,1-2H3,(H,22,23). The van der Waals surface area contributed by atoms with Crippen molar-refractivity contribution in [3.8, 4) is 5.75 Å². The number of fused-ring (bicyclic) bond motifs is 2. The van der Waals surface area contributed by atoms with Crippen LogP contribution in [0.5, 0.6) is 5.75 Å². The van der Waals surface area contributed by atoms with Gasteiger partial charge in [-0.1, -0.05) is 24.6 Å². The second-order valence-corrected chi connectivity index (χ2v) is 7.64. The number of benzene rings is 1. The van der Waals surface area contributed by atoms with Crippen molar-refractivity contribution in [2.24, 2.45) is 23.5 Å². The average molecular weight is 330 g/mol. The highest BCUT2D eigenvalue weighted by Gasteiger charge is 2.40. The fraction of sp³-hybridized carbons (Fsp3) is 0.650. The zero-order chi connectivity index (χ0) is 17.1. The molecule has 1 amide bonds. The van der Waals surface area contributed by atoms with Gasteiger partial charge in [0.15, 0.2) is 0 Å². The molecular weight excluding hydrogens is 300 g/mol. The minimum Gasteiger partial charge on any atom is -0.489 e. The third-order valence-electron chi connectivity index (χ3n) is 5.77. The fourth-order valence-corrected chi connectivity index (χ4v) is 4.34. The number of rotatable bonds is 5. The van der Waals surface area contributed by atoms with Gasteiger partial charge in [-0.25, -0.2) is 0 Å². The molecule has 132 valence electrons. The topological polar surface area (TPSA) is 64.3 Å². The summed E-state index contributed by atoms with van der Waals surface area (Å²) in [5, 5.41) is 3.09. The van der Waals surface area contributed by atoms with Crippen molar-refractivity contribution in [1.29, 1.82) is 0 Å². The monoisotopic (exact) mass is 330 g/mol. The molecule has 1 aromatic carbocycles. The molecule has 3 rings (SSSR count). The lowest BCUT2D eigenvalue weighted by molar-refractivity contribution is -0.128. The van der Waals surface area contributed by atoms with Gasteiger partial charge in [0, 0.05) is 12.0 Å². The van der Waals surface area contributed by atoms with E-state index in [0.717, 1.165) is 24.2 Å². The predicted molar refractivity (Wildman–Crippen MR) is 95.8 cm³/mol. The molecule has 2 aliphatic carbocycles. The Morgan fingerprint density at radius 2 is 1.96 bits per heavy atom. The van der Waals surface area contributed by atoms with Crippen molar-refractivity contribution < 1.29 is 9.53 Å². The van der Waals surface area contributed by atoms with Gasteiger partial charge in [0.2, 0.25) is 5.91 Å². The van der Waals surface area contributed by atoms with Crippen LogP contribution in [-0.4, -0.2) is 24.6 Å². The van der Waals surface area contributed by atoms with E-state index < -0.39 is 0 Å². The number of amides is 1. The largest absolute Gasteiger partial charge is 0.489 e. The molecule has 0 heterocycles. The molecule has 0 saturated heterocycles. The van der Waals surface area contributed by atoms with Crippen LogP contribution in [0.2, 0.25) is 0 Å². The summed E-state index contributed by atoms with van der Waals surface area (Å²) in [5.41, 5.74) is 7.43. The lowest BCUT2D eigenvalue weighted by Crippen LogP contribution is -2.49. The Balaban J connectivity index is 1.48. The average Bonchev–Trinajstić information content (AvgIpc) is 2.54. The Hall–Kier alpha value is -1.55. The maximum Gasteiger partial charge on any atom is 0.223 e. The van der Waals surface area contributed by atoms with Crippen molar-refractivity contribution in [3.05, 3.63) is 29.8 Å². The van der Waals surface area contributed by atoms with Gasteiger partial charge in [-0.05, 0) is 63.0 Å². The van der Waals surface area contributed by atoms with E-state index in [-0.39, 0.29) is 17.9 Å². The normalized spacial score (nSPS) is 30.5. The van der Waals surface area contributed by atoms with E-state index in [4.69, 9.17) is 10.5 Å². The number of nitrogens with two attached hydrogens (primary N) is 1. The quantitative estimate of drug-likeness (QED) is 0.872. The third-order valence-corrected chi connectivity index (χ3v) is 5.77. The van der Waals surface area contributed by atoms with E-state index in [2.05, 4.69) is 5.32 Å². The Morgan fingerprint density at radius 1 is 1.29 bits per heavy atom. The molecule has 0 aromatic heterocycles. The van der Waals surface area contributed by atoms with E-state index in [0.29, 0.717) is 24.4 Å². The maximum atomic E-state index is 12.6. The van der Waals surface area contributed by atoms with Gasteiger partial charge >= 0.3 is 0 Å². The molecule has 4 nitrogen and oxygen atoms in total. The second kappa shape index (κ2) is 7.56. The molecule has 0 spiro atoms. The van der Waals surface area contributed by atoms with Gasteiger partial charge in [0.1, 0.15) is 11.9 Å². The first-order valence-electron chi connectivity index (χ1n) is 9.30. The number of carbonyl (C=O) groups is 1. The van der Waals surface area contributed by atoms with Crippen LogP contribution >= 0.6 is 0 Å². The van der Waals surface area contributed by atoms with Crippen LogP contribution in [0.3, 0.4) is 0 Å². The summed E-state index contributed by atoms with van der Waals surface area (Å²) < 4.78 is 5.94. The fourth-order valence-electron chi connectivity index (χ4n) is 4.34. The highest BCUT2D eigenvalue weighted by Crippen LogP contribution is 2.41. The number of hydrogen-bond donors (Lipinski definition) is 2. The smallest absolute Gasteiger partial charge is 0.223 e. The SMILES string of the molecule is Cc1ccccc1OC(C)CNC(=O)C1CC2CCCC(C1)C2N. The molecule has 0 aliphatic heterocycles. The van der Waals surface area contributed by atoms with E-state index in [1.165, 1.54) is 19.3 Å². The molecule has 3 N–H and O–H groups in total. The van der Waals surface area contributed by atoms with Gasteiger partial charge in [-0.15, -0.1) is 0 Å². The Morgan fingerprint density at radius 3 is 2.62 bits per heavy atom. The number of para-hydroxylation sites is 1. The Labute approximate surface area is 145 Å². The van der Waals surface area contributed by atoms with Crippen molar-refractivity contribution in [1.82, 2.24) is 5.32 Å². The minimum atomic E-state index is -0.0413. The third kappa shape index (κ3) is 3.92. The summed E-state index contributed by atoms with van der Waals surface area (Å²) in [6.07, 6.45) is 5.52. The summed E-state index contributed by atoms with van der Waals surface area (Å²) in [7, 11) is 0. The lowest BCUT2D eigenvalue weighted by Gasteiger charge is -2.43. The van der Waals surface area contributed by atoms with E-state index in [9.17, 15) is 4.79 Å². The lowest BCUT2D eigenvalue weighted by atomic mass is 9.65. The van der Waals surface area contributed by atoms with Crippen molar-refractivity contribution in [2.45, 2.75) is 58.1 Å². The van der Waals surface area contributed by atoms with Crippen LogP contribution < -0.4 is 15.8 Å². The molecule has 3 atom stereocenters. The molecule has 4 heteroatoms. The number of hydrogen-bond acceptors (Lipinski definition) is 3. The molecule has 2 fully saturated rings. The first-order valence-corrected chi connectivity index (χ1v) is 9.30. The summed E-state index contributed by atoms with van der Waals surface area (Å²) >= 11 is 0. The number of nitrogens with one attached hydrogen (secondary N) is 1. The van der Waals surface area contributed by atoms with Crippen LogP contribution in [0.1, 0.15) is 44.6 Å². The van der Waals surface area contributed by atoms with Gasteiger partial charge in [-0.3, -0.25) is 4.79 Å². The van der Waals surface area contributed by atoms with Crippen LogP contribution in [-0.2, 0) is 4.79 Å². The molecular formula is C20H30N2O2. The van der Waals surface area contributed by atoms with Gasteiger partial charge in [0.25, 0.3) is 0 Å². The molecule has 3 unspecified atom stereocenters. The van der Waals surface area contributed by atoms with Crippen LogP contribution in [0.15, 0.2) is 24.3 Å². The van der Waals surface area contributed by atoms with E-state index in [1.54, 1.807) is 0 Å². The Bertz CT molecular complexity index is 561. The predicted octanol–water partition coefficient (Wildman–Crippen LogP) is 3.03. The van der Waals surface area contributed by atoms with E-state index >= 15 is 0 Å². The van der Waals surface area contributed by atoms with Gasteiger partial charge < -0.3 is 15.8 Å². The maximum absolute atomic E-state index is 12.6. The van der Waals surface area contributed by atoms with Crippen LogP contribution in [0.4, 0.5) is 0 Å². The molecule has 2 saturated carbocycles. The molecule has 1 aromatic rings. The van der Waals surface area contributed by atoms with Crippen LogP contribution in [0, 0.1) is 24.7 Å². The zero-order valence-corrected chi connectivity index (χ0v) is 14.8. The molecule has 2 bridgehead atoms. The summed E-state index contributed by atoms with van der Waals surface area (Å²) in [6.45, 7) is 4.58. The van der Waals surface area contributed by atoms with Crippen molar-refractivity contribution in [2.75, 3.05) is 6.54 Å². The Kier molecular flexibility index (Phi) is 5.44. The van der Waals surface area contributed by atoms with Crippen LogP contribution in [0.25, 0.3) is 0 Å².